The number of nitrogens with zero attached hydrogens (tertiary/aromatic N) is 2. The molecule has 2 rings (SSSR count). The predicted octanol–water partition coefficient (Wildman–Crippen LogP) is 5.19. The van der Waals surface area contributed by atoms with Crippen LogP contribution in [0.1, 0.15) is 57.8 Å². The normalized spacial score (nSPS) is 26.1. The molecule has 2 bridgehead atoms. The third kappa shape index (κ3) is 5.22. The van der Waals surface area contributed by atoms with E-state index in [1.54, 1.807) is 25.7 Å². The molecule has 0 N–H and O–H groups in total. The fourth-order valence-corrected chi connectivity index (χ4v) is 6.88. The second-order valence-corrected chi connectivity index (χ2v) is 10.5. The van der Waals surface area contributed by atoms with Gasteiger partial charge in [0.2, 0.25) is 0 Å². The maximum Gasteiger partial charge on any atom is 0.146 e. The van der Waals surface area contributed by atoms with Crippen LogP contribution in [0.4, 0.5) is 0 Å². The summed E-state index contributed by atoms with van der Waals surface area (Å²) in [5, 5.41) is 0. The molecule has 2 heterocycles. The van der Waals surface area contributed by atoms with Crippen molar-refractivity contribution in [1.82, 2.24) is 9.34 Å². The molecule has 0 aromatic carbocycles. The Balaban J connectivity index is 1.63. The minimum absolute atomic E-state index is 0.0527. The van der Waals surface area contributed by atoms with Gasteiger partial charge in [0.1, 0.15) is 6.71 Å². The molecule has 0 radical (unpaired) electrons. The van der Waals surface area contributed by atoms with E-state index in [9.17, 15) is 0 Å². The summed E-state index contributed by atoms with van der Waals surface area (Å²) in [5.74, 6) is 2.22. The molecule has 0 spiro atoms. The van der Waals surface area contributed by atoms with Crippen LogP contribution in [0.2, 0.25) is 18.0 Å². The molecule has 4 heteroatoms. The van der Waals surface area contributed by atoms with Crippen LogP contribution in [-0.2, 0) is 0 Å². The molecule has 2 saturated heterocycles. The van der Waals surface area contributed by atoms with E-state index in [2.05, 4.69) is 37.5 Å². The molecule has 2 aliphatic rings. The lowest BCUT2D eigenvalue weighted by atomic mass is 9.26. The van der Waals surface area contributed by atoms with Crippen molar-refractivity contribution in [3.63, 3.8) is 0 Å². The molecule has 0 atom stereocenters. The van der Waals surface area contributed by atoms with Gasteiger partial charge in [-0.2, -0.15) is 0 Å². The van der Waals surface area contributed by atoms with Gasteiger partial charge in [0, 0.05) is 8.22 Å². The quantitative estimate of drug-likeness (QED) is 0.345. The molecule has 0 unspecified atom stereocenters. The average Bonchev–Trinajstić information content (AvgIpc) is 2.41. The van der Waals surface area contributed by atoms with Gasteiger partial charge < -0.3 is 0 Å². The number of unbranched alkanes of at least 4 members (excludes halogenated alkanes) is 2. The number of hydrogen-bond acceptors (Lipinski definition) is 2. The van der Waals surface area contributed by atoms with Gasteiger partial charge in [-0.3, -0.25) is 9.34 Å². The standard InChI is InChI=1S/C17H36BN2P/c1-19(2)21(20(3)4)15-7-5-6-14-18-16-10-8-11-17(18)13-9-12-16/h16-17H,5-15H2,1-4H3. The lowest BCUT2D eigenvalue weighted by Crippen LogP contribution is -2.34. The number of fused-ring (bicyclic) bond motifs is 2. The van der Waals surface area contributed by atoms with Crippen LogP contribution in [0, 0.1) is 0 Å². The van der Waals surface area contributed by atoms with Gasteiger partial charge in [0.25, 0.3) is 0 Å². The summed E-state index contributed by atoms with van der Waals surface area (Å²) >= 11 is 0. The summed E-state index contributed by atoms with van der Waals surface area (Å²) in [4.78, 5) is 0. The Morgan fingerprint density at radius 1 is 0.810 bits per heavy atom. The highest BCUT2D eigenvalue weighted by atomic mass is 31.1. The Hall–Kier alpha value is 0.415. The summed E-state index contributed by atoms with van der Waals surface area (Å²) in [7, 11) is 8.87. The maximum atomic E-state index is 2.42. The summed E-state index contributed by atoms with van der Waals surface area (Å²) < 4.78 is 4.84. The van der Waals surface area contributed by atoms with Crippen molar-refractivity contribution in [2.45, 2.75) is 75.7 Å². The van der Waals surface area contributed by atoms with Gasteiger partial charge in [0.05, 0.1) is 0 Å². The van der Waals surface area contributed by atoms with Gasteiger partial charge in [-0.25, -0.2) is 0 Å². The number of rotatable bonds is 8. The molecular weight excluding hydrogens is 274 g/mol. The van der Waals surface area contributed by atoms with E-state index in [0.29, 0.717) is 0 Å². The highest BCUT2D eigenvalue weighted by Crippen LogP contribution is 2.48. The molecule has 0 aromatic rings. The third-order valence-corrected chi connectivity index (χ3v) is 8.39. The molecule has 21 heavy (non-hydrogen) atoms. The van der Waals surface area contributed by atoms with Crippen molar-refractivity contribution >= 4 is 14.9 Å². The van der Waals surface area contributed by atoms with E-state index in [4.69, 9.17) is 0 Å². The first-order chi connectivity index (χ1) is 10.1. The average molecular weight is 310 g/mol. The minimum Gasteiger partial charge on any atom is -0.276 e. The predicted molar refractivity (Wildman–Crippen MR) is 98.8 cm³/mol. The van der Waals surface area contributed by atoms with Gasteiger partial charge in [-0.15, -0.1) is 0 Å². The molecule has 0 saturated carbocycles. The van der Waals surface area contributed by atoms with Gasteiger partial charge >= 0.3 is 0 Å². The SMILES string of the molecule is CN(C)P(CCCCCB1C2CCCC1CCC2)N(C)C. The summed E-state index contributed by atoms with van der Waals surface area (Å²) in [5.41, 5.74) is 0. The summed E-state index contributed by atoms with van der Waals surface area (Å²) in [6.07, 6.45) is 16.5. The summed E-state index contributed by atoms with van der Waals surface area (Å²) in [6, 6.07) is 0. The zero-order chi connectivity index (χ0) is 15.2. The van der Waals surface area contributed by atoms with Crippen LogP contribution in [0.3, 0.4) is 0 Å². The molecule has 122 valence electrons. The van der Waals surface area contributed by atoms with Crippen LogP contribution in [-0.4, -0.2) is 50.4 Å². The Kier molecular flexibility index (Phi) is 7.52. The van der Waals surface area contributed by atoms with Crippen LogP contribution < -0.4 is 0 Å². The minimum atomic E-state index is -0.0527. The Bertz CT molecular complexity index is 269. The molecule has 2 fully saturated rings. The van der Waals surface area contributed by atoms with Gasteiger partial charge in [-0.05, 0) is 40.8 Å². The maximum absolute atomic E-state index is 2.42. The van der Waals surface area contributed by atoms with Crippen LogP contribution in [0.5, 0.6) is 0 Å². The van der Waals surface area contributed by atoms with Crippen molar-refractivity contribution in [1.29, 1.82) is 0 Å². The first-order valence-electron chi connectivity index (χ1n) is 9.21. The molecule has 2 aliphatic heterocycles. The zero-order valence-electron chi connectivity index (χ0n) is 14.9. The molecular formula is C17H36BN2P. The Labute approximate surface area is 135 Å². The second-order valence-electron chi connectivity index (χ2n) is 7.69. The van der Waals surface area contributed by atoms with Crippen molar-refractivity contribution in [2.75, 3.05) is 34.4 Å². The largest absolute Gasteiger partial charge is 0.276 e. The second kappa shape index (κ2) is 8.89. The van der Waals surface area contributed by atoms with Crippen molar-refractivity contribution in [3.8, 4) is 0 Å². The van der Waals surface area contributed by atoms with Crippen LogP contribution >= 0.6 is 8.22 Å². The fourth-order valence-electron chi connectivity index (χ4n) is 4.85. The topological polar surface area (TPSA) is 6.48 Å². The van der Waals surface area contributed by atoms with E-state index in [-0.39, 0.29) is 8.22 Å². The van der Waals surface area contributed by atoms with E-state index < -0.39 is 0 Å². The highest BCUT2D eigenvalue weighted by molar-refractivity contribution is 7.52. The van der Waals surface area contributed by atoms with Gasteiger partial charge in [0.15, 0.2) is 0 Å². The monoisotopic (exact) mass is 310 g/mol. The van der Waals surface area contributed by atoms with Gasteiger partial charge in [-0.1, -0.05) is 69.3 Å². The van der Waals surface area contributed by atoms with Crippen molar-refractivity contribution in [2.24, 2.45) is 0 Å². The first kappa shape index (κ1) is 17.8. The van der Waals surface area contributed by atoms with Crippen LogP contribution in [0.15, 0.2) is 0 Å². The van der Waals surface area contributed by atoms with E-state index >= 15 is 0 Å². The first-order valence-corrected chi connectivity index (χ1v) is 10.6. The lowest BCUT2D eigenvalue weighted by molar-refractivity contribution is 0.440. The smallest absolute Gasteiger partial charge is 0.146 e. The summed E-state index contributed by atoms with van der Waals surface area (Å²) in [6.45, 7) is 1.11. The lowest BCUT2D eigenvalue weighted by Gasteiger charge is -2.40. The Morgan fingerprint density at radius 2 is 1.33 bits per heavy atom. The van der Waals surface area contributed by atoms with E-state index in [0.717, 1.165) is 18.3 Å². The number of hydrogen-bond donors (Lipinski definition) is 0. The molecule has 0 amide bonds. The van der Waals surface area contributed by atoms with Crippen LogP contribution in [0.25, 0.3) is 0 Å². The van der Waals surface area contributed by atoms with E-state index in [1.165, 1.54) is 44.6 Å². The highest BCUT2D eigenvalue weighted by Gasteiger charge is 2.38. The molecule has 0 aromatic heterocycles. The third-order valence-electron chi connectivity index (χ3n) is 5.83. The van der Waals surface area contributed by atoms with Crippen molar-refractivity contribution in [3.05, 3.63) is 0 Å². The zero-order valence-corrected chi connectivity index (χ0v) is 15.7. The fraction of sp³-hybridized carbons (Fsp3) is 1.00. The molecule has 2 nitrogen and oxygen atoms in total. The Morgan fingerprint density at radius 3 is 1.81 bits per heavy atom. The van der Waals surface area contributed by atoms with E-state index in [1.807, 2.05) is 0 Å². The molecule has 0 aliphatic carbocycles. The van der Waals surface area contributed by atoms with Crippen molar-refractivity contribution < 1.29 is 0 Å².